The summed E-state index contributed by atoms with van der Waals surface area (Å²) in [4.78, 5) is 26.7. The summed E-state index contributed by atoms with van der Waals surface area (Å²) in [5.74, 6) is -1.14. The first-order chi connectivity index (χ1) is 17.0. The Morgan fingerprint density at radius 1 is 0.743 bits per heavy atom. The summed E-state index contributed by atoms with van der Waals surface area (Å²) in [6, 6.07) is 26.5. The Kier molecular flexibility index (Phi) is 9.56. The Hall–Kier alpha value is -3.51. The third-order valence-electron chi connectivity index (χ3n) is 4.95. The third-order valence-corrected chi connectivity index (χ3v) is 7.18. The molecule has 0 unspecified atom stereocenters. The topological polar surface area (TPSA) is 93.7 Å². The summed E-state index contributed by atoms with van der Waals surface area (Å²) in [5.41, 5.74) is 1.46. The second kappa shape index (κ2) is 12.8. The fourth-order valence-electron chi connectivity index (χ4n) is 3.41. The molecule has 0 spiro atoms. The van der Waals surface area contributed by atoms with Crippen LogP contribution < -0.4 is 10.6 Å². The predicted molar refractivity (Wildman–Crippen MR) is 136 cm³/mol. The van der Waals surface area contributed by atoms with Gasteiger partial charge in [-0.1, -0.05) is 78.9 Å². The molecule has 0 bridgehead atoms. The zero-order chi connectivity index (χ0) is 25.1. The summed E-state index contributed by atoms with van der Waals surface area (Å²) >= 11 is 0. The van der Waals surface area contributed by atoms with Crippen molar-refractivity contribution in [2.24, 2.45) is 0 Å². The lowest BCUT2D eigenvalue weighted by Gasteiger charge is -2.24. The van der Waals surface area contributed by atoms with Gasteiger partial charge in [-0.05, 0) is 37.1 Å². The molecule has 2 amide bonds. The summed E-state index contributed by atoms with van der Waals surface area (Å²) in [5, 5.41) is 5.50. The molecular weight excluding hydrogens is 463 g/mol. The molecule has 3 aromatic carbocycles. The van der Waals surface area contributed by atoms with Crippen LogP contribution in [-0.2, 0) is 25.0 Å². The van der Waals surface area contributed by atoms with Gasteiger partial charge >= 0.3 is 7.60 Å². The number of nitrogens with one attached hydrogen (secondary N) is 2. The molecule has 0 atom stereocenters. The van der Waals surface area contributed by atoms with Crippen molar-refractivity contribution < 1.29 is 23.2 Å². The Morgan fingerprint density at radius 2 is 1.23 bits per heavy atom. The molecule has 0 aliphatic carbocycles. The Balaban J connectivity index is 2.14. The molecule has 3 rings (SSSR count). The van der Waals surface area contributed by atoms with Crippen molar-refractivity contribution in [1.29, 1.82) is 0 Å². The van der Waals surface area contributed by atoms with Crippen LogP contribution in [0.5, 0.6) is 0 Å². The van der Waals surface area contributed by atoms with Crippen LogP contribution in [0.4, 0.5) is 0 Å². The molecule has 182 valence electrons. The number of amides is 2. The van der Waals surface area contributed by atoms with Gasteiger partial charge in [-0.3, -0.25) is 14.2 Å². The SMILES string of the molecule is CCOP(=O)(OCC)C(=C(NC(=O)c1ccccc1)C(=O)NCc1ccccc1)c1ccccc1. The highest BCUT2D eigenvalue weighted by atomic mass is 31.2. The van der Waals surface area contributed by atoms with Gasteiger partial charge in [0.25, 0.3) is 11.8 Å². The predicted octanol–water partition coefficient (Wildman–Crippen LogP) is 5.37. The summed E-state index contributed by atoms with van der Waals surface area (Å²) in [6.45, 7) is 3.75. The van der Waals surface area contributed by atoms with E-state index in [0.29, 0.717) is 11.1 Å². The smallest absolute Gasteiger partial charge is 0.347 e. The number of carbonyl (C=O) groups excluding carboxylic acids is 2. The van der Waals surface area contributed by atoms with E-state index in [1.165, 1.54) is 0 Å². The van der Waals surface area contributed by atoms with Gasteiger partial charge in [0.05, 0.1) is 13.2 Å². The van der Waals surface area contributed by atoms with E-state index in [1.54, 1.807) is 74.5 Å². The first kappa shape index (κ1) is 26.1. The van der Waals surface area contributed by atoms with Gasteiger partial charge in [-0.2, -0.15) is 0 Å². The number of carbonyl (C=O) groups is 2. The normalized spacial score (nSPS) is 11.9. The lowest BCUT2D eigenvalue weighted by Crippen LogP contribution is -2.35. The first-order valence-electron chi connectivity index (χ1n) is 11.4. The first-order valence-corrected chi connectivity index (χ1v) is 12.9. The maximum Gasteiger partial charge on any atom is 0.364 e. The third kappa shape index (κ3) is 6.99. The van der Waals surface area contributed by atoms with Crippen molar-refractivity contribution in [3.05, 3.63) is 113 Å². The second-order valence-corrected chi connectivity index (χ2v) is 9.37. The maximum absolute atomic E-state index is 14.0. The van der Waals surface area contributed by atoms with Gasteiger partial charge in [0.1, 0.15) is 11.0 Å². The monoisotopic (exact) mass is 492 g/mol. The van der Waals surface area contributed by atoms with Crippen molar-refractivity contribution >= 4 is 24.7 Å². The van der Waals surface area contributed by atoms with Gasteiger partial charge in [0.2, 0.25) is 0 Å². The molecule has 0 fully saturated rings. The molecule has 0 aliphatic heterocycles. The molecule has 0 saturated heterocycles. The van der Waals surface area contributed by atoms with E-state index in [2.05, 4.69) is 10.6 Å². The lowest BCUT2D eigenvalue weighted by atomic mass is 10.1. The summed E-state index contributed by atoms with van der Waals surface area (Å²) in [6.07, 6.45) is 0. The molecule has 35 heavy (non-hydrogen) atoms. The Labute approximate surface area is 205 Å². The van der Waals surface area contributed by atoms with Crippen molar-refractivity contribution in [1.82, 2.24) is 10.6 Å². The summed E-state index contributed by atoms with van der Waals surface area (Å²) in [7, 11) is -4.00. The average Bonchev–Trinajstić information content (AvgIpc) is 2.89. The highest BCUT2D eigenvalue weighted by Crippen LogP contribution is 2.61. The van der Waals surface area contributed by atoms with E-state index in [9.17, 15) is 14.2 Å². The van der Waals surface area contributed by atoms with Crippen molar-refractivity contribution in [3.8, 4) is 0 Å². The number of rotatable bonds is 11. The zero-order valence-electron chi connectivity index (χ0n) is 19.8. The minimum Gasteiger partial charge on any atom is -0.347 e. The van der Waals surface area contributed by atoms with Crippen LogP contribution in [0, 0.1) is 0 Å². The van der Waals surface area contributed by atoms with E-state index in [1.807, 2.05) is 30.3 Å². The fraction of sp³-hybridized carbons (Fsp3) is 0.185. The van der Waals surface area contributed by atoms with Gasteiger partial charge in [0.15, 0.2) is 0 Å². The van der Waals surface area contributed by atoms with Crippen LogP contribution in [0.2, 0.25) is 0 Å². The zero-order valence-corrected chi connectivity index (χ0v) is 20.7. The van der Waals surface area contributed by atoms with E-state index >= 15 is 0 Å². The van der Waals surface area contributed by atoms with E-state index in [-0.39, 0.29) is 30.8 Å². The van der Waals surface area contributed by atoms with Gasteiger partial charge in [0, 0.05) is 12.1 Å². The van der Waals surface area contributed by atoms with E-state index in [0.717, 1.165) is 5.56 Å². The van der Waals surface area contributed by atoms with Gasteiger partial charge in [-0.15, -0.1) is 0 Å². The highest BCUT2D eigenvalue weighted by Gasteiger charge is 2.37. The number of hydrogen-bond donors (Lipinski definition) is 2. The second-order valence-electron chi connectivity index (χ2n) is 7.41. The van der Waals surface area contributed by atoms with E-state index < -0.39 is 19.4 Å². The molecular formula is C27H29N2O5P. The van der Waals surface area contributed by atoms with Crippen LogP contribution in [0.25, 0.3) is 5.31 Å². The molecule has 8 heteroatoms. The molecule has 0 radical (unpaired) electrons. The molecule has 0 aliphatic rings. The number of benzene rings is 3. The minimum atomic E-state index is -4.00. The minimum absolute atomic E-state index is 0.00311. The van der Waals surface area contributed by atoms with Gasteiger partial charge < -0.3 is 19.7 Å². The average molecular weight is 493 g/mol. The quantitative estimate of drug-likeness (QED) is 0.277. The summed E-state index contributed by atoms with van der Waals surface area (Å²) < 4.78 is 25.2. The standard InChI is InChI=1S/C27H29N2O5P/c1-3-33-35(32,34-4-2)25(22-16-10-6-11-17-22)24(29-26(30)23-18-12-7-13-19-23)27(31)28-20-21-14-8-5-9-15-21/h5-19H,3-4,20H2,1-2H3,(H,28,31)(H,29,30). The van der Waals surface area contributed by atoms with Crippen LogP contribution in [0.3, 0.4) is 0 Å². The molecule has 0 heterocycles. The van der Waals surface area contributed by atoms with Gasteiger partial charge in [-0.25, -0.2) is 0 Å². The van der Waals surface area contributed by atoms with E-state index in [4.69, 9.17) is 9.05 Å². The van der Waals surface area contributed by atoms with Crippen molar-refractivity contribution in [2.75, 3.05) is 13.2 Å². The molecule has 0 saturated carbocycles. The Morgan fingerprint density at radius 3 is 1.74 bits per heavy atom. The maximum atomic E-state index is 14.0. The van der Waals surface area contributed by atoms with Crippen molar-refractivity contribution in [2.45, 2.75) is 20.4 Å². The molecule has 2 N–H and O–H groups in total. The highest BCUT2D eigenvalue weighted by molar-refractivity contribution is 7.65. The van der Waals surface area contributed by atoms with Crippen LogP contribution >= 0.6 is 7.60 Å². The molecule has 3 aromatic rings. The Bertz CT molecular complexity index is 1190. The lowest BCUT2D eigenvalue weighted by molar-refractivity contribution is -0.117. The number of hydrogen-bond acceptors (Lipinski definition) is 5. The van der Waals surface area contributed by atoms with Crippen LogP contribution in [0.1, 0.15) is 35.3 Å². The van der Waals surface area contributed by atoms with Crippen LogP contribution in [-0.4, -0.2) is 25.0 Å². The van der Waals surface area contributed by atoms with Crippen molar-refractivity contribution in [3.63, 3.8) is 0 Å². The molecule has 7 nitrogen and oxygen atoms in total. The van der Waals surface area contributed by atoms with Crippen LogP contribution in [0.15, 0.2) is 96.7 Å². The fourth-order valence-corrected chi connectivity index (χ4v) is 5.32. The largest absolute Gasteiger partial charge is 0.364 e. The molecule has 0 aromatic heterocycles.